The third-order valence-corrected chi connectivity index (χ3v) is 5.57. The first kappa shape index (κ1) is 21.9. The second-order valence-electron chi connectivity index (χ2n) is 7.33. The van der Waals surface area contributed by atoms with E-state index in [2.05, 4.69) is 10.0 Å². The number of benzene rings is 2. The van der Waals surface area contributed by atoms with E-state index in [0.29, 0.717) is 17.9 Å². The Morgan fingerprint density at radius 2 is 1.75 bits per heavy atom. The maximum absolute atomic E-state index is 12.3. The normalized spacial score (nSPS) is 11.5. The van der Waals surface area contributed by atoms with Gasteiger partial charge in [-0.05, 0) is 62.1 Å². The molecule has 7 heteroatoms. The summed E-state index contributed by atoms with van der Waals surface area (Å²) in [6, 6.07) is 10.4. The predicted octanol–water partition coefficient (Wildman–Crippen LogP) is 3.56. The lowest BCUT2D eigenvalue weighted by Gasteiger charge is -2.13. The molecular weight excluding hydrogens is 376 g/mol. The van der Waals surface area contributed by atoms with Crippen molar-refractivity contribution in [2.75, 3.05) is 18.5 Å². The van der Waals surface area contributed by atoms with Gasteiger partial charge in [-0.25, -0.2) is 13.1 Å². The summed E-state index contributed by atoms with van der Waals surface area (Å²) in [5, 5.41) is 2.82. The van der Waals surface area contributed by atoms with Crippen molar-refractivity contribution >= 4 is 21.6 Å². The Labute approximate surface area is 167 Å². The highest BCUT2D eigenvalue weighted by Gasteiger charge is 2.16. The number of sulfonamides is 1. The van der Waals surface area contributed by atoms with E-state index in [0.717, 1.165) is 16.8 Å². The molecule has 0 saturated carbocycles. The molecule has 0 unspecified atom stereocenters. The van der Waals surface area contributed by atoms with Crippen molar-refractivity contribution in [3.05, 3.63) is 53.1 Å². The quantitative estimate of drug-likeness (QED) is 0.704. The summed E-state index contributed by atoms with van der Waals surface area (Å²) in [4.78, 5) is 12.3. The van der Waals surface area contributed by atoms with Gasteiger partial charge in [0.2, 0.25) is 10.0 Å². The number of ether oxygens (including phenoxy) is 1. The van der Waals surface area contributed by atoms with Crippen molar-refractivity contribution in [2.45, 2.75) is 39.5 Å². The Kier molecular flexibility index (Phi) is 7.21. The summed E-state index contributed by atoms with van der Waals surface area (Å²) < 4.78 is 32.8. The molecule has 0 aliphatic heterocycles. The Bertz CT molecular complexity index is 953. The maximum atomic E-state index is 12.3. The van der Waals surface area contributed by atoms with E-state index < -0.39 is 10.0 Å². The molecule has 2 aromatic rings. The molecule has 0 atom stereocenters. The van der Waals surface area contributed by atoms with Crippen LogP contribution in [0.25, 0.3) is 0 Å². The number of aryl methyl sites for hydroxylation is 3. The standard InChI is InChI=1S/C21H28N2O4S/c1-14(2)12-22-28(25,26)18-7-9-20(17(5)11-18)27-13-21(24)23-19-8-6-15(3)10-16(19)4/h6-11,14,22H,12-13H2,1-5H3,(H,23,24). The first-order chi connectivity index (χ1) is 13.1. The fourth-order valence-electron chi connectivity index (χ4n) is 2.59. The van der Waals surface area contributed by atoms with E-state index in [4.69, 9.17) is 4.74 Å². The number of carbonyl (C=O) groups excluding carboxylic acids is 1. The van der Waals surface area contributed by atoms with Gasteiger partial charge in [0.05, 0.1) is 4.90 Å². The van der Waals surface area contributed by atoms with Gasteiger partial charge < -0.3 is 10.1 Å². The van der Waals surface area contributed by atoms with E-state index in [1.54, 1.807) is 19.1 Å². The second-order valence-corrected chi connectivity index (χ2v) is 9.10. The molecule has 0 radical (unpaired) electrons. The predicted molar refractivity (Wildman–Crippen MR) is 111 cm³/mol. The van der Waals surface area contributed by atoms with Gasteiger partial charge in [0.15, 0.2) is 6.61 Å². The minimum absolute atomic E-state index is 0.161. The summed E-state index contributed by atoms with van der Waals surface area (Å²) in [5.74, 6) is 0.411. The molecular formula is C21H28N2O4S. The highest BCUT2D eigenvalue weighted by atomic mass is 32.2. The van der Waals surface area contributed by atoms with E-state index in [-0.39, 0.29) is 23.3 Å². The van der Waals surface area contributed by atoms with Crippen LogP contribution < -0.4 is 14.8 Å². The average molecular weight is 405 g/mol. The molecule has 0 fully saturated rings. The van der Waals surface area contributed by atoms with Crippen LogP contribution in [0.4, 0.5) is 5.69 Å². The van der Waals surface area contributed by atoms with Crippen LogP contribution in [0.2, 0.25) is 0 Å². The Morgan fingerprint density at radius 1 is 1.04 bits per heavy atom. The van der Waals surface area contributed by atoms with Crippen molar-refractivity contribution in [1.82, 2.24) is 4.72 Å². The molecule has 0 aliphatic rings. The molecule has 2 rings (SSSR count). The van der Waals surface area contributed by atoms with Crippen molar-refractivity contribution < 1.29 is 17.9 Å². The largest absolute Gasteiger partial charge is 0.483 e. The summed E-state index contributed by atoms with van der Waals surface area (Å²) >= 11 is 0. The number of carbonyl (C=O) groups is 1. The van der Waals surface area contributed by atoms with Crippen molar-refractivity contribution in [1.29, 1.82) is 0 Å². The molecule has 1 amide bonds. The number of hydrogen-bond donors (Lipinski definition) is 2. The maximum Gasteiger partial charge on any atom is 0.262 e. The van der Waals surface area contributed by atoms with Crippen LogP contribution in [0.15, 0.2) is 41.3 Å². The van der Waals surface area contributed by atoms with Gasteiger partial charge >= 0.3 is 0 Å². The smallest absolute Gasteiger partial charge is 0.262 e. The number of rotatable bonds is 8. The molecule has 0 bridgehead atoms. The molecule has 0 aromatic heterocycles. The van der Waals surface area contributed by atoms with Crippen LogP contribution in [-0.2, 0) is 14.8 Å². The van der Waals surface area contributed by atoms with Crippen LogP contribution in [0.1, 0.15) is 30.5 Å². The summed E-state index contributed by atoms with van der Waals surface area (Å²) in [6.45, 7) is 9.76. The van der Waals surface area contributed by atoms with Crippen LogP contribution in [-0.4, -0.2) is 27.5 Å². The van der Waals surface area contributed by atoms with Crippen LogP contribution in [0.3, 0.4) is 0 Å². The van der Waals surface area contributed by atoms with Crippen LogP contribution in [0.5, 0.6) is 5.75 Å². The van der Waals surface area contributed by atoms with Gasteiger partial charge in [0.1, 0.15) is 5.75 Å². The van der Waals surface area contributed by atoms with E-state index in [1.807, 2.05) is 45.9 Å². The highest BCUT2D eigenvalue weighted by molar-refractivity contribution is 7.89. The Hall–Kier alpha value is -2.38. The molecule has 2 N–H and O–H groups in total. The lowest BCUT2D eigenvalue weighted by atomic mass is 10.1. The monoisotopic (exact) mass is 404 g/mol. The zero-order chi connectivity index (χ0) is 20.9. The number of nitrogens with one attached hydrogen (secondary N) is 2. The molecule has 6 nitrogen and oxygen atoms in total. The fraction of sp³-hybridized carbons (Fsp3) is 0.381. The molecule has 28 heavy (non-hydrogen) atoms. The number of hydrogen-bond acceptors (Lipinski definition) is 4. The summed E-state index contributed by atoms with van der Waals surface area (Å²) in [7, 11) is -3.56. The molecule has 0 saturated heterocycles. The van der Waals surface area contributed by atoms with Gasteiger partial charge in [0, 0.05) is 12.2 Å². The van der Waals surface area contributed by atoms with Gasteiger partial charge in [-0.2, -0.15) is 0 Å². The van der Waals surface area contributed by atoms with E-state index in [1.165, 1.54) is 6.07 Å². The zero-order valence-corrected chi connectivity index (χ0v) is 17.8. The van der Waals surface area contributed by atoms with Gasteiger partial charge in [-0.3, -0.25) is 4.79 Å². The minimum Gasteiger partial charge on any atom is -0.483 e. The first-order valence-corrected chi connectivity index (χ1v) is 10.7. The summed E-state index contributed by atoms with van der Waals surface area (Å²) in [5.41, 5.74) is 3.49. The van der Waals surface area contributed by atoms with Crippen LogP contribution in [0, 0.1) is 26.7 Å². The first-order valence-electron chi connectivity index (χ1n) is 9.18. The number of anilines is 1. The highest BCUT2D eigenvalue weighted by Crippen LogP contribution is 2.22. The zero-order valence-electron chi connectivity index (χ0n) is 17.0. The lowest BCUT2D eigenvalue weighted by Crippen LogP contribution is -2.27. The topological polar surface area (TPSA) is 84.5 Å². The van der Waals surface area contributed by atoms with Crippen molar-refractivity contribution in [3.63, 3.8) is 0 Å². The number of amides is 1. The van der Waals surface area contributed by atoms with Gasteiger partial charge in [-0.15, -0.1) is 0 Å². The molecule has 0 heterocycles. The SMILES string of the molecule is Cc1ccc(NC(=O)COc2ccc(S(=O)(=O)NCC(C)C)cc2C)c(C)c1. The second kappa shape index (κ2) is 9.21. The van der Waals surface area contributed by atoms with Crippen LogP contribution >= 0.6 is 0 Å². The Morgan fingerprint density at radius 3 is 2.36 bits per heavy atom. The van der Waals surface area contributed by atoms with E-state index in [9.17, 15) is 13.2 Å². The third-order valence-electron chi connectivity index (χ3n) is 4.15. The van der Waals surface area contributed by atoms with Gasteiger partial charge in [-0.1, -0.05) is 31.5 Å². The third kappa shape index (κ3) is 6.07. The fourth-order valence-corrected chi connectivity index (χ4v) is 3.89. The van der Waals surface area contributed by atoms with Gasteiger partial charge in [0.25, 0.3) is 5.91 Å². The molecule has 0 aliphatic carbocycles. The Balaban J connectivity index is 2.00. The lowest BCUT2D eigenvalue weighted by molar-refractivity contribution is -0.118. The summed E-state index contributed by atoms with van der Waals surface area (Å²) in [6.07, 6.45) is 0. The minimum atomic E-state index is -3.56. The molecule has 0 spiro atoms. The molecule has 152 valence electrons. The molecule has 2 aromatic carbocycles. The van der Waals surface area contributed by atoms with Crippen molar-refractivity contribution in [2.24, 2.45) is 5.92 Å². The van der Waals surface area contributed by atoms with Crippen molar-refractivity contribution in [3.8, 4) is 5.75 Å². The average Bonchev–Trinajstić information content (AvgIpc) is 2.61. The van der Waals surface area contributed by atoms with E-state index >= 15 is 0 Å².